The van der Waals surface area contributed by atoms with Crippen molar-refractivity contribution in [3.8, 4) is 5.75 Å². The number of benzene rings is 2. The summed E-state index contributed by atoms with van der Waals surface area (Å²) in [5.41, 5.74) is 0. The van der Waals surface area contributed by atoms with Crippen molar-refractivity contribution in [2.75, 3.05) is 6.61 Å². The topological polar surface area (TPSA) is 9.23 Å². The first-order valence-electron chi connectivity index (χ1n) is 6.14. The van der Waals surface area contributed by atoms with Gasteiger partial charge >= 0.3 is 0 Å². The highest BCUT2D eigenvalue weighted by Crippen LogP contribution is 2.34. The molecule has 0 saturated heterocycles. The Morgan fingerprint density at radius 1 is 1.12 bits per heavy atom. The smallest absolute Gasteiger partial charge is 0.134 e. The van der Waals surface area contributed by atoms with E-state index in [1.807, 2.05) is 0 Å². The molecule has 1 aliphatic rings. The molecule has 1 nitrogen and oxygen atoms in total. The zero-order valence-electron chi connectivity index (χ0n) is 9.66. The number of fused-ring (bicyclic) bond motifs is 1. The molecule has 3 rings (SSSR count). The fraction of sp³-hybridized carbons (Fsp3) is 0.333. The third-order valence-corrected chi connectivity index (χ3v) is 4.35. The van der Waals surface area contributed by atoms with Gasteiger partial charge in [0.2, 0.25) is 0 Å². The first kappa shape index (κ1) is 11.1. The summed E-state index contributed by atoms with van der Waals surface area (Å²) in [5, 5.41) is 2.47. The van der Waals surface area contributed by atoms with Crippen LogP contribution in [0.5, 0.6) is 5.75 Å². The van der Waals surface area contributed by atoms with Crippen molar-refractivity contribution in [3.63, 3.8) is 0 Å². The molecule has 0 N–H and O–H groups in total. The highest BCUT2D eigenvalue weighted by atomic mass is 79.9. The molecule has 17 heavy (non-hydrogen) atoms. The van der Waals surface area contributed by atoms with Crippen molar-refractivity contribution in [2.24, 2.45) is 5.92 Å². The molecule has 1 aliphatic carbocycles. The standard InChI is InChI=1S/C15H15BrO/c16-15-13-7-2-1-6-12(13)8-9-14(15)17-10-11-4-3-5-11/h1-2,6-9,11H,3-5,10H2. The van der Waals surface area contributed by atoms with Crippen molar-refractivity contribution < 1.29 is 4.74 Å². The normalized spacial score (nSPS) is 15.8. The number of halogens is 1. The predicted molar refractivity (Wildman–Crippen MR) is 74.5 cm³/mol. The van der Waals surface area contributed by atoms with Gasteiger partial charge in [0.05, 0.1) is 11.1 Å². The summed E-state index contributed by atoms with van der Waals surface area (Å²) < 4.78 is 6.98. The van der Waals surface area contributed by atoms with Crippen LogP contribution in [0.25, 0.3) is 10.8 Å². The molecule has 1 saturated carbocycles. The molecule has 0 aromatic heterocycles. The van der Waals surface area contributed by atoms with Gasteiger partial charge in [-0.15, -0.1) is 0 Å². The number of hydrogen-bond donors (Lipinski definition) is 0. The molecule has 1 fully saturated rings. The van der Waals surface area contributed by atoms with E-state index in [1.165, 1.54) is 30.0 Å². The van der Waals surface area contributed by atoms with Gasteiger partial charge in [0.25, 0.3) is 0 Å². The van der Waals surface area contributed by atoms with Crippen molar-refractivity contribution in [2.45, 2.75) is 19.3 Å². The monoisotopic (exact) mass is 290 g/mol. The van der Waals surface area contributed by atoms with Crippen molar-refractivity contribution >= 4 is 26.7 Å². The van der Waals surface area contributed by atoms with E-state index >= 15 is 0 Å². The van der Waals surface area contributed by atoms with E-state index in [2.05, 4.69) is 52.3 Å². The van der Waals surface area contributed by atoms with Gasteiger partial charge in [0, 0.05) is 0 Å². The van der Waals surface area contributed by atoms with Gasteiger partial charge in [0.1, 0.15) is 5.75 Å². The molecule has 0 unspecified atom stereocenters. The molecule has 0 aliphatic heterocycles. The van der Waals surface area contributed by atoms with E-state index in [4.69, 9.17) is 4.74 Å². The second-order valence-electron chi connectivity index (χ2n) is 4.71. The summed E-state index contributed by atoms with van der Waals surface area (Å²) in [7, 11) is 0. The molecule has 0 heterocycles. The first-order chi connectivity index (χ1) is 8.34. The lowest BCUT2D eigenvalue weighted by Gasteiger charge is -2.25. The Morgan fingerprint density at radius 3 is 2.71 bits per heavy atom. The molecule has 0 spiro atoms. The first-order valence-corrected chi connectivity index (χ1v) is 6.94. The molecule has 88 valence electrons. The Balaban J connectivity index is 1.86. The molecule has 0 bridgehead atoms. The fourth-order valence-corrected chi connectivity index (χ4v) is 2.80. The van der Waals surface area contributed by atoms with Crippen molar-refractivity contribution in [1.82, 2.24) is 0 Å². The number of rotatable bonds is 3. The van der Waals surface area contributed by atoms with Crippen LogP contribution in [0.4, 0.5) is 0 Å². The maximum Gasteiger partial charge on any atom is 0.134 e. The average molecular weight is 291 g/mol. The van der Waals surface area contributed by atoms with Gasteiger partial charge in [0.15, 0.2) is 0 Å². The molecular weight excluding hydrogens is 276 g/mol. The van der Waals surface area contributed by atoms with E-state index in [0.717, 1.165) is 22.7 Å². The fourth-order valence-electron chi connectivity index (χ4n) is 2.19. The minimum Gasteiger partial charge on any atom is -0.492 e. The largest absolute Gasteiger partial charge is 0.492 e. The molecule has 2 heteroatoms. The van der Waals surface area contributed by atoms with E-state index in [0.29, 0.717) is 0 Å². The van der Waals surface area contributed by atoms with Crippen LogP contribution in [0, 0.1) is 5.92 Å². The lowest BCUT2D eigenvalue weighted by atomic mass is 9.86. The SMILES string of the molecule is Brc1c(OCC2CCC2)ccc2ccccc12. The molecular formula is C15H15BrO. The van der Waals surface area contributed by atoms with Gasteiger partial charge in [-0.05, 0) is 51.5 Å². The van der Waals surface area contributed by atoms with Crippen molar-refractivity contribution in [3.05, 3.63) is 40.9 Å². The highest BCUT2D eigenvalue weighted by molar-refractivity contribution is 9.10. The van der Waals surface area contributed by atoms with E-state index in [-0.39, 0.29) is 0 Å². The van der Waals surface area contributed by atoms with Crippen LogP contribution in [0.15, 0.2) is 40.9 Å². The number of ether oxygens (including phenoxy) is 1. The maximum atomic E-state index is 5.90. The Hall–Kier alpha value is -1.02. The van der Waals surface area contributed by atoms with Gasteiger partial charge in [-0.3, -0.25) is 0 Å². The summed E-state index contributed by atoms with van der Waals surface area (Å²) in [6.07, 6.45) is 4.02. The Labute approximate surface area is 110 Å². The maximum absolute atomic E-state index is 5.90. The average Bonchev–Trinajstić information content (AvgIpc) is 2.30. The van der Waals surface area contributed by atoms with Crippen LogP contribution >= 0.6 is 15.9 Å². The van der Waals surface area contributed by atoms with Crippen LogP contribution in [0.3, 0.4) is 0 Å². The minimum atomic E-state index is 0.772. The van der Waals surface area contributed by atoms with Gasteiger partial charge in [-0.25, -0.2) is 0 Å². The molecule has 2 aromatic carbocycles. The molecule has 0 atom stereocenters. The van der Waals surface area contributed by atoms with Crippen LogP contribution in [0.2, 0.25) is 0 Å². The zero-order valence-corrected chi connectivity index (χ0v) is 11.2. The van der Waals surface area contributed by atoms with Crippen LogP contribution in [-0.2, 0) is 0 Å². The Kier molecular flexibility index (Phi) is 3.06. The summed E-state index contributed by atoms with van der Waals surface area (Å²) in [6, 6.07) is 12.5. The third kappa shape index (κ3) is 2.19. The molecule has 0 radical (unpaired) electrons. The number of hydrogen-bond acceptors (Lipinski definition) is 1. The van der Waals surface area contributed by atoms with E-state index in [9.17, 15) is 0 Å². The zero-order chi connectivity index (χ0) is 11.7. The van der Waals surface area contributed by atoms with Gasteiger partial charge in [-0.2, -0.15) is 0 Å². The highest BCUT2D eigenvalue weighted by Gasteiger charge is 2.18. The molecule has 0 amide bonds. The summed E-state index contributed by atoms with van der Waals surface area (Å²) in [4.78, 5) is 0. The Morgan fingerprint density at radius 2 is 1.94 bits per heavy atom. The van der Waals surface area contributed by atoms with E-state index < -0.39 is 0 Å². The van der Waals surface area contributed by atoms with Crippen LogP contribution < -0.4 is 4.74 Å². The predicted octanol–water partition coefficient (Wildman–Crippen LogP) is 4.78. The van der Waals surface area contributed by atoms with Crippen molar-refractivity contribution in [1.29, 1.82) is 0 Å². The van der Waals surface area contributed by atoms with E-state index in [1.54, 1.807) is 0 Å². The van der Waals surface area contributed by atoms with Gasteiger partial charge in [-0.1, -0.05) is 36.8 Å². The van der Waals surface area contributed by atoms with Gasteiger partial charge < -0.3 is 4.74 Å². The quantitative estimate of drug-likeness (QED) is 0.790. The van der Waals surface area contributed by atoms with Crippen LogP contribution in [-0.4, -0.2) is 6.61 Å². The lowest BCUT2D eigenvalue weighted by Crippen LogP contribution is -2.19. The summed E-state index contributed by atoms with van der Waals surface area (Å²) in [5.74, 6) is 1.74. The van der Waals surface area contributed by atoms with Crippen LogP contribution in [0.1, 0.15) is 19.3 Å². The lowest BCUT2D eigenvalue weighted by molar-refractivity contribution is 0.180. The molecule has 2 aromatic rings. The summed E-state index contributed by atoms with van der Waals surface area (Å²) in [6.45, 7) is 0.858. The second-order valence-corrected chi connectivity index (χ2v) is 5.50. The minimum absolute atomic E-state index is 0.772. The second kappa shape index (κ2) is 4.69. The third-order valence-electron chi connectivity index (χ3n) is 3.53. The Bertz CT molecular complexity index is 531. The summed E-state index contributed by atoms with van der Waals surface area (Å²) >= 11 is 3.65.